The molecule has 0 unspecified atom stereocenters. The molecule has 4 rings (SSSR count). The zero-order valence-corrected chi connectivity index (χ0v) is 16.7. The van der Waals surface area contributed by atoms with Crippen molar-refractivity contribution in [2.45, 2.75) is 39.3 Å². The topological polar surface area (TPSA) is 60.1 Å². The van der Waals surface area contributed by atoms with Crippen LogP contribution < -0.4 is 0 Å². The number of rotatable bonds is 5. The number of benzene rings is 1. The summed E-state index contributed by atoms with van der Waals surface area (Å²) < 4.78 is 23.9. The number of ether oxygens (including phenoxy) is 1. The van der Waals surface area contributed by atoms with Gasteiger partial charge in [0.25, 0.3) is 0 Å². The highest BCUT2D eigenvalue weighted by atomic mass is 32.1. The molecule has 1 N–H and O–H groups in total. The Morgan fingerprint density at radius 2 is 2.21 bits per heavy atom. The molecule has 0 aliphatic carbocycles. The standard InChI is InChI=1S/C20H22FN5OS/c1-13-10-15(14(2)25(13)12-16-6-5-9-27-16)11-22-26-19(23-24-20(26)28)17-7-3-4-8-18(17)21/h3-4,7-8,10-11,16H,5-6,9,12H2,1-2H3,(H,24,28)/b22-11-/t16-/m1/s1. The Hall–Kier alpha value is -2.58. The third kappa shape index (κ3) is 3.57. The number of H-pyrrole nitrogens is 1. The summed E-state index contributed by atoms with van der Waals surface area (Å²) in [5, 5.41) is 11.3. The van der Waals surface area contributed by atoms with E-state index in [1.807, 2.05) is 0 Å². The van der Waals surface area contributed by atoms with Crippen LogP contribution in [-0.2, 0) is 11.3 Å². The van der Waals surface area contributed by atoms with Crippen LogP contribution in [0.25, 0.3) is 11.4 Å². The average Bonchev–Trinajstić information content (AvgIpc) is 3.38. The minimum Gasteiger partial charge on any atom is -0.376 e. The number of aryl methyl sites for hydroxylation is 1. The van der Waals surface area contributed by atoms with E-state index in [9.17, 15) is 4.39 Å². The first-order valence-electron chi connectivity index (χ1n) is 9.29. The second kappa shape index (κ2) is 7.81. The monoisotopic (exact) mass is 399 g/mol. The molecule has 1 fully saturated rings. The van der Waals surface area contributed by atoms with E-state index in [1.165, 1.54) is 10.7 Å². The molecular formula is C20H22FN5OS. The van der Waals surface area contributed by atoms with Crippen molar-refractivity contribution in [3.8, 4) is 11.4 Å². The zero-order chi connectivity index (χ0) is 19.7. The van der Waals surface area contributed by atoms with Gasteiger partial charge in [-0.15, -0.1) is 0 Å². The SMILES string of the molecule is Cc1cc(/C=N\n2c(-c3ccccc3F)n[nH]c2=S)c(C)n1C[C@H]1CCCO1. The van der Waals surface area contributed by atoms with Crippen LogP contribution in [0.2, 0.25) is 0 Å². The predicted octanol–water partition coefficient (Wildman–Crippen LogP) is 4.23. The van der Waals surface area contributed by atoms with Gasteiger partial charge in [0.1, 0.15) is 5.82 Å². The third-order valence-corrected chi connectivity index (χ3v) is 5.36. The average molecular weight is 399 g/mol. The highest BCUT2D eigenvalue weighted by molar-refractivity contribution is 7.71. The van der Waals surface area contributed by atoms with Gasteiger partial charge in [-0.3, -0.25) is 0 Å². The van der Waals surface area contributed by atoms with Crippen molar-refractivity contribution in [3.05, 3.63) is 57.9 Å². The number of nitrogens with one attached hydrogen (secondary N) is 1. The summed E-state index contributed by atoms with van der Waals surface area (Å²) >= 11 is 5.28. The van der Waals surface area contributed by atoms with Crippen LogP contribution in [0.15, 0.2) is 35.4 Å². The highest BCUT2D eigenvalue weighted by Crippen LogP contribution is 2.22. The van der Waals surface area contributed by atoms with Crippen LogP contribution in [0.4, 0.5) is 4.39 Å². The van der Waals surface area contributed by atoms with Crippen molar-refractivity contribution in [2.75, 3.05) is 6.61 Å². The molecule has 1 aliphatic rings. The molecule has 1 saturated heterocycles. The van der Waals surface area contributed by atoms with Crippen LogP contribution in [0.3, 0.4) is 0 Å². The fourth-order valence-electron chi connectivity index (χ4n) is 3.57. The number of nitrogens with zero attached hydrogens (tertiary/aromatic N) is 4. The third-order valence-electron chi connectivity index (χ3n) is 5.10. The van der Waals surface area contributed by atoms with Crippen LogP contribution in [0.1, 0.15) is 29.8 Å². The number of halogens is 1. The molecule has 0 saturated carbocycles. The molecular weight excluding hydrogens is 377 g/mol. The molecule has 28 heavy (non-hydrogen) atoms. The minimum absolute atomic E-state index is 0.268. The molecule has 3 aromatic rings. The molecule has 6 nitrogen and oxygen atoms in total. The molecule has 0 bridgehead atoms. The van der Waals surface area contributed by atoms with Crippen LogP contribution in [0.5, 0.6) is 0 Å². The summed E-state index contributed by atoms with van der Waals surface area (Å²) in [5.74, 6) is -0.0322. The van der Waals surface area contributed by atoms with Gasteiger partial charge in [0.2, 0.25) is 4.77 Å². The number of aromatic nitrogens is 4. The van der Waals surface area contributed by atoms with E-state index in [1.54, 1.807) is 24.4 Å². The van der Waals surface area contributed by atoms with Crippen molar-refractivity contribution >= 4 is 18.4 Å². The summed E-state index contributed by atoms with van der Waals surface area (Å²) in [5.41, 5.74) is 3.59. The van der Waals surface area contributed by atoms with Crippen molar-refractivity contribution < 1.29 is 9.13 Å². The molecule has 0 radical (unpaired) electrons. The molecule has 0 spiro atoms. The first kappa shape index (κ1) is 18.8. The molecule has 3 heterocycles. The summed E-state index contributed by atoms with van der Waals surface area (Å²) in [7, 11) is 0. The Kier molecular flexibility index (Phi) is 5.23. The summed E-state index contributed by atoms with van der Waals surface area (Å²) in [6.07, 6.45) is 4.22. The lowest BCUT2D eigenvalue weighted by molar-refractivity contribution is 0.0962. The van der Waals surface area contributed by atoms with E-state index in [-0.39, 0.29) is 11.9 Å². The Morgan fingerprint density at radius 1 is 1.39 bits per heavy atom. The normalized spacial score (nSPS) is 17.0. The number of hydrogen-bond donors (Lipinski definition) is 1. The van der Waals surface area contributed by atoms with E-state index < -0.39 is 0 Å². The number of aromatic amines is 1. The fourth-order valence-corrected chi connectivity index (χ4v) is 3.75. The lowest BCUT2D eigenvalue weighted by Gasteiger charge is -2.14. The molecule has 0 amide bonds. The van der Waals surface area contributed by atoms with Gasteiger partial charge in [0, 0.05) is 30.1 Å². The van der Waals surface area contributed by atoms with Gasteiger partial charge < -0.3 is 9.30 Å². The summed E-state index contributed by atoms with van der Waals surface area (Å²) in [6.45, 7) is 5.83. The maximum Gasteiger partial charge on any atom is 0.216 e. The maximum atomic E-state index is 14.2. The van der Waals surface area contributed by atoms with Crippen LogP contribution in [0, 0.1) is 24.4 Å². The Morgan fingerprint density at radius 3 is 2.96 bits per heavy atom. The van der Waals surface area contributed by atoms with Crippen LogP contribution >= 0.6 is 12.2 Å². The minimum atomic E-state index is -0.373. The second-order valence-corrected chi connectivity index (χ2v) is 7.35. The summed E-state index contributed by atoms with van der Waals surface area (Å²) in [4.78, 5) is 0. The van der Waals surface area contributed by atoms with Crippen molar-refractivity contribution in [1.29, 1.82) is 0 Å². The van der Waals surface area contributed by atoms with Gasteiger partial charge in [-0.25, -0.2) is 9.49 Å². The quantitative estimate of drug-likeness (QED) is 0.516. The van der Waals surface area contributed by atoms with E-state index in [0.717, 1.165) is 42.9 Å². The summed E-state index contributed by atoms with van der Waals surface area (Å²) in [6, 6.07) is 8.51. The van der Waals surface area contributed by atoms with Gasteiger partial charge >= 0.3 is 0 Å². The highest BCUT2D eigenvalue weighted by Gasteiger charge is 2.19. The van der Waals surface area contributed by atoms with Gasteiger partial charge in [-0.05, 0) is 57.1 Å². The fraction of sp³-hybridized carbons (Fsp3) is 0.350. The maximum absolute atomic E-state index is 14.2. The zero-order valence-electron chi connectivity index (χ0n) is 15.9. The first-order valence-corrected chi connectivity index (χ1v) is 9.70. The lowest BCUT2D eigenvalue weighted by atomic mass is 10.2. The molecule has 1 aliphatic heterocycles. The smallest absolute Gasteiger partial charge is 0.216 e. The molecule has 1 atom stereocenters. The number of hydrogen-bond acceptors (Lipinski definition) is 4. The molecule has 146 valence electrons. The van der Waals surface area contributed by atoms with Crippen molar-refractivity contribution in [3.63, 3.8) is 0 Å². The largest absolute Gasteiger partial charge is 0.376 e. The second-order valence-electron chi connectivity index (χ2n) is 6.96. The Bertz CT molecular complexity index is 1070. The van der Waals surface area contributed by atoms with Gasteiger partial charge in [-0.1, -0.05) is 12.1 Å². The van der Waals surface area contributed by atoms with E-state index >= 15 is 0 Å². The Labute approximate surface area is 167 Å². The molecule has 2 aromatic heterocycles. The van der Waals surface area contributed by atoms with E-state index in [0.29, 0.717) is 16.2 Å². The van der Waals surface area contributed by atoms with Crippen LogP contribution in [-0.4, -0.2) is 38.4 Å². The van der Waals surface area contributed by atoms with E-state index in [4.69, 9.17) is 17.0 Å². The molecule has 1 aromatic carbocycles. The van der Waals surface area contributed by atoms with E-state index in [2.05, 4.69) is 39.8 Å². The van der Waals surface area contributed by atoms with Crippen molar-refractivity contribution in [2.24, 2.45) is 5.10 Å². The predicted molar refractivity (Wildman–Crippen MR) is 109 cm³/mol. The van der Waals surface area contributed by atoms with Gasteiger partial charge in [-0.2, -0.15) is 14.9 Å². The first-order chi connectivity index (χ1) is 13.5. The Balaban J connectivity index is 1.65. The molecule has 8 heteroatoms. The van der Waals surface area contributed by atoms with Gasteiger partial charge in [0.15, 0.2) is 5.82 Å². The van der Waals surface area contributed by atoms with Gasteiger partial charge in [0.05, 0.1) is 17.9 Å². The van der Waals surface area contributed by atoms with Crippen molar-refractivity contribution in [1.82, 2.24) is 19.4 Å². The lowest BCUT2D eigenvalue weighted by Crippen LogP contribution is -2.16.